The second-order valence-electron chi connectivity index (χ2n) is 4.33. The Kier molecular flexibility index (Phi) is 3.13. The molecular weight excluding hydrogens is 216 g/mol. The van der Waals surface area contributed by atoms with Gasteiger partial charge in [0.2, 0.25) is 0 Å². The van der Waals surface area contributed by atoms with Crippen LogP contribution in [0, 0.1) is 5.92 Å². The summed E-state index contributed by atoms with van der Waals surface area (Å²) >= 11 is 0. The monoisotopic (exact) mass is 232 g/mol. The van der Waals surface area contributed by atoms with Gasteiger partial charge >= 0.3 is 5.97 Å². The van der Waals surface area contributed by atoms with E-state index in [0.717, 1.165) is 28.8 Å². The summed E-state index contributed by atoms with van der Waals surface area (Å²) in [5.41, 5.74) is 2.95. The molecule has 0 fully saturated rings. The first-order valence-corrected chi connectivity index (χ1v) is 5.80. The summed E-state index contributed by atoms with van der Waals surface area (Å²) in [7, 11) is 0. The maximum Gasteiger partial charge on any atom is 0.306 e. The lowest BCUT2D eigenvalue weighted by molar-refractivity contribution is -0.141. The molecule has 17 heavy (non-hydrogen) atoms. The fourth-order valence-electron chi connectivity index (χ4n) is 1.84. The molecule has 0 bridgehead atoms. The van der Waals surface area contributed by atoms with E-state index < -0.39 is 5.97 Å². The first kappa shape index (κ1) is 11.6. The van der Waals surface area contributed by atoms with Crippen LogP contribution in [0.15, 0.2) is 18.2 Å². The van der Waals surface area contributed by atoms with Crippen LogP contribution in [-0.4, -0.2) is 21.0 Å². The number of aliphatic carboxylic acids is 1. The molecule has 0 radical (unpaired) electrons. The lowest BCUT2D eigenvalue weighted by Crippen LogP contribution is -2.12. The number of H-pyrrole nitrogens is 1. The summed E-state index contributed by atoms with van der Waals surface area (Å²) in [6.45, 7) is 3.77. The second-order valence-corrected chi connectivity index (χ2v) is 4.33. The zero-order chi connectivity index (χ0) is 12.4. The zero-order valence-corrected chi connectivity index (χ0v) is 10.0. The number of hydrogen-bond donors (Lipinski definition) is 2. The van der Waals surface area contributed by atoms with Gasteiger partial charge in [0.05, 0.1) is 17.0 Å². The van der Waals surface area contributed by atoms with E-state index in [-0.39, 0.29) is 5.92 Å². The van der Waals surface area contributed by atoms with Gasteiger partial charge in [-0.25, -0.2) is 4.98 Å². The normalized spacial score (nSPS) is 12.8. The minimum Gasteiger partial charge on any atom is -0.481 e. The van der Waals surface area contributed by atoms with Crippen molar-refractivity contribution in [2.45, 2.75) is 26.7 Å². The van der Waals surface area contributed by atoms with Crippen LogP contribution in [0.1, 0.15) is 25.2 Å². The van der Waals surface area contributed by atoms with E-state index in [1.165, 1.54) is 0 Å². The highest BCUT2D eigenvalue weighted by Gasteiger charge is 2.12. The average Bonchev–Trinajstić information content (AvgIpc) is 2.70. The number of carboxylic acid groups (broad SMARTS) is 1. The number of aromatic nitrogens is 2. The van der Waals surface area contributed by atoms with Crippen molar-refractivity contribution in [1.29, 1.82) is 0 Å². The zero-order valence-electron chi connectivity index (χ0n) is 10.0. The van der Waals surface area contributed by atoms with Gasteiger partial charge in [-0.15, -0.1) is 0 Å². The Morgan fingerprint density at radius 2 is 2.29 bits per heavy atom. The van der Waals surface area contributed by atoms with Gasteiger partial charge in [0.25, 0.3) is 0 Å². The van der Waals surface area contributed by atoms with Gasteiger partial charge in [-0.05, 0) is 24.1 Å². The average molecular weight is 232 g/mol. The molecular formula is C13H16N2O2. The number of imidazole rings is 1. The van der Waals surface area contributed by atoms with Crippen LogP contribution in [0.2, 0.25) is 0 Å². The molecule has 0 spiro atoms. The van der Waals surface area contributed by atoms with Crippen molar-refractivity contribution < 1.29 is 9.90 Å². The van der Waals surface area contributed by atoms with Crippen molar-refractivity contribution in [1.82, 2.24) is 9.97 Å². The van der Waals surface area contributed by atoms with Crippen molar-refractivity contribution in [3.8, 4) is 0 Å². The number of carbonyl (C=O) groups is 1. The molecule has 1 atom stereocenters. The fourth-order valence-corrected chi connectivity index (χ4v) is 1.84. The van der Waals surface area contributed by atoms with Gasteiger partial charge < -0.3 is 10.1 Å². The first-order valence-electron chi connectivity index (χ1n) is 5.80. The van der Waals surface area contributed by atoms with Crippen molar-refractivity contribution in [3.63, 3.8) is 0 Å². The number of nitrogens with one attached hydrogen (secondary N) is 1. The van der Waals surface area contributed by atoms with Crippen LogP contribution in [0.3, 0.4) is 0 Å². The molecule has 2 rings (SSSR count). The maximum atomic E-state index is 10.8. The predicted molar refractivity (Wildman–Crippen MR) is 66.0 cm³/mol. The van der Waals surface area contributed by atoms with E-state index in [2.05, 4.69) is 9.97 Å². The molecule has 90 valence electrons. The van der Waals surface area contributed by atoms with E-state index in [0.29, 0.717) is 6.42 Å². The summed E-state index contributed by atoms with van der Waals surface area (Å²) in [5.74, 6) is -0.159. The molecule has 0 aliphatic carbocycles. The number of carboxylic acids is 1. The third kappa shape index (κ3) is 2.46. The Bertz CT molecular complexity index is 545. The number of fused-ring (bicyclic) bond motifs is 1. The van der Waals surface area contributed by atoms with Gasteiger partial charge in [-0.1, -0.05) is 19.9 Å². The van der Waals surface area contributed by atoms with Crippen LogP contribution < -0.4 is 0 Å². The number of hydrogen-bond acceptors (Lipinski definition) is 2. The van der Waals surface area contributed by atoms with E-state index in [1.54, 1.807) is 6.92 Å². The number of benzene rings is 1. The van der Waals surface area contributed by atoms with Gasteiger partial charge in [0.1, 0.15) is 5.82 Å². The SMILES string of the molecule is CCc1nc2ccc(CC(C)C(=O)O)cc2[nH]1. The quantitative estimate of drug-likeness (QED) is 0.850. The van der Waals surface area contributed by atoms with Crippen molar-refractivity contribution >= 4 is 17.0 Å². The van der Waals surface area contributed by atoms with Crippen LogP contribution in [0.4, 0.5) is 0 Å². The van der Waals surface area contributed by atoms with Gasteiger partial charge in [-0.3, -0.25) is 4.79 Å². The van der Waals surface area contributed by atoms with E-state index >= 15 is 0 Å². The Morgan fingerprint density at radius 3 is 2.94 bits per heavy atom. The van der Waals surface area contributed by atoms with Gasteiger partial charge in [0.15, 0.2) is 0 Å². The highest BCUT2D eigenvalue weighted by Crippen LogP contribution is 2.16. The summed E-state index contributed by atoms with van der Waals surface area (Å²) in [6.07, 6.45) is 1.42. The van der Waals surface area contributed by atoms with Gasteiger partial charge in [-0.2, -0.15) is 0 Å². The van der Waals surface area contributed by atoms with Crippen LogP contribution in [0.25, 0.3) is 11.0 Å². The molecule has 4 heteroatoms. The van der Waals surface area contributed by atoms with Crippen LogP contribution in [-0.2, 0) is 17.6 Å². The highest BCUT2D eigenvalue weighted by molar-refractivity contribution is 5.76. The number of rotatable bonds is 4. The number of nitrogens with zero attached hydrogens (tertiary/aromatic N) is 1. The largest absolute Gasteiger partial charge is 0.481 e. The summed E-state index contributed by atoms with van der Waals surface area (Å²) in [5, 5.41) is 8.88. The molecule has 1 aromatic heterocycles. The minimum atomic E-state index is -0.760. The van der Waals surface area contributed by atoms with Crippen molar-refractivity contribution in [2.75, 3.05) is 0 Å². The number of aromatic amines is 1. The first-order chi connectivity index (χ1) is 8.10. The molecule has 2 aromatic rings. The fraction of sp³-hybridized carbons (Fsp3) is 0.385. The van der Waals surface area contributed by atoms with Crippen molar-refractivity contribution in [3.05, 3.63) is 29.6 Å². The summed E-state index contributed by atoms with van der Waals surface area (Å²) in [6, 6.07) is 5.87. The topological polar surface area (TPSA) is 66.0 Å². The molecule has 0 saturated carbocycles. The minimum absolute atomic E-state index is 0.360. The van der Waals surface area contributed by atoms with Gasteiger partial charge in [0, 0.05) is 6.42 Å². The highest BCUT2D eigenvalue weighted by atomic mass is 16.4. The lowest BCUT2D eigenvalue weighted by Gasteiger charge is -2.05. The van der Waals surface area contributed by atoms with Crippen LogP contribution >= 0.6 is 0 Å². The maximum absolute atomic E-state index is 10.8. The third-order valence-electron chi connectivity index (χ3n) is 2.89. The van der Waals surface area contributed by atoms with Crippen LogP contribution in [0.5, 0.6) is 0 Å². The summed E-state index contributed by atoms with van der Waals surface area (Å²) < 4.78 is 0. The molecule has 0 aliphatic rings. The molecule has 1 heterocycles. The Morgan fingerprint density at radius 1 is 1.53 bits per heavy atom. The van der Waals surface area contributed by atoms with E-state index in [1.807, 2.05) is 25.1 Å². The third-order valence-corrected chi connectivity index (χ3v) is 2.89. The second kappa shape index (κ2) is 4.57. The molecule has 2 N–H and O–H groups in total. The Labute approximate surface area is 99.7 Å². The van der Waals surface area contributed by atoms with Crippen molar-refractivity contribution in [2.24, 2.45) is 5.92 Å². The molecule has 0 amide bonds. The molecule has 1 aromatic carbocycles. The smallest absolute Gasteiger partial charge is 0.306 e. The lowest BCUT2D eigenvalue weighted by atomic mass is 10.0. The Hall–Kier alpha value is -1.84. The standard InChI is InChI=1S/C13H16N2O2/c1-3-12-14-10-5-4-9(7-11(10)15-12)6-8(2)13(16)17/h4-5,7-8H,3,6H2,1-2H3,(H,14,15)(H,16,17). The summed E-state index contributed by atoms with van der Waals surface area (Å²) in [4.78, 5) is 18.4. The Balaban J connectivity index is 2.27. The molecule has 0 aliphatic heterocycles. The molecule has 1 unspecified atom stereocenters. The number of aryl methyl sites for hydroxylation is 1. The predicted octanol–water partition coefficient (Wildman–Crippen LogP) is 2.39. The molecule has 0 saturated heterocycles. The van der Waals surface area contributed by atoms with E-state index in [9.17, 15) is 4.79 Å². The van der Waals surface area contributed by atoms with E-state index in [4.69, 9.17) is 5.11 Å². The molecule has 4 nitrogen and oxygen atoms in total.